The summed E-state index contributed by atoms with van der Waals surface area (Å²) in [6, 6.07) is 11.3. The van der Waals surface area contributed by atoms with Gasteiger partial charge in [0, 0.05) is 41.8 Å². The van der Waals surface area contributed by atoms with E-state index in [0.717, 1.165) is 13.0 Å². The molecule has 156 valence electrons. The molecular formula is C20H21Cl3N2O3S. The maximum atomic E-state index is 12.7. The van der Waals surface area contributed by atoms with E-state index in [-0.39, 0.29) is 21.6 Å². The zero-order valence-electron chi connectivity index (χ0n) is 15.7. The molecule has 0 radical (unpaired) electrons. The summed E-state index contributed by atoms with van der Waals surface area (Å²) in [5, 5.41) is 1.03. The van der Waals surface area contributed by atoms with Gasteiger partial charge in [-0.1, -0.05) is 40.9 Å². The highest BCUT2D eigenvalue weighted by Crippen LogP contribution is 2.26. The molecule has 1 saturated heterocycles. The molecule has 1 amide bonds. The van der Waals surface area contributed by atoms with Crippen molar-refractivity contribution in [3.63, 3.8) is 0 Å². The van der Waals surface area contributed by atoms with Crippen molar-refractivity contribution in [3.05, 3.63) is 63.1 Å². The third kappa shape index (κ3) is 5.86. The molecule has 2 aromatic carbocycles. The normalized spacial score (nSPS) is 15.9. The fraction of sp³-hybridized carbons (Fsp3) is 0.350. The third-order valence-electron chi connectivity index (χ3n) is 4.85. The van der Waals surface area contributed by atoms with Crippen LogP contribution in [0.5, 0.6) is 0 Å². The minimum Gasteiger partial charge on any atom is -0.337 e. The quantitative estimate of drug-likeness (QED) is 0.648. The molecule has 0 spiro atoms. The van der Waals surface area contributed by atoms with Crippen molar-refractivity contribution in [2.75, 3.05) is 38.5 Å². The molecule has 2 aromatic rings. The van der Waals surface area contributed by atoms with Crippen LogP contribution in [0, 0.1) is 0 Å². The summed E-state index contributed by atoms with van der Waals surface area (Å²) in [6.45, 7) is 2.84. The number of hydrogen-bond acceptors (Lipinski definition) is 4. The summed E-state index contributed by atoms with van der Waals surface area (Å²) in [5.41, 5.74) is 0.559. The number of nitrogens with zero attached hydrogens (tertiary/aromatic N) is 2. The Kier molecular flexibility index (Phi) is 7.46. The largest absolute Gasteiger partial charge is 0.337 e. The van der Waals surface area contributed by atoms with Gasteiger partial charge in [-0.05, 0) is 49.4 Å². The molecule has 0 bridgehead atoms. The average molecular weight is 476 g/mol. The van der Waals surface area contributed by atoms with E-state index in [2.05, 4.69) is 4.90 Å². The van der Waals surface area contributed by atoms with Crippen LogP contribution in [-0.2, 0) is 9.84 Å². The van der Waals surface area contributed by atoms with Crippen LogP contribution in [0.3, 0.4) is 0 Å². The van der Waals surface area contributed by atoms with Gasteiger partial charge in [0.25, 0.3) is 5.91 Å². The van der Waals surface area contributed by atoms with Crippen LogP contribution >= 0.6 is 34.8 Å². The van der Waals surface area contributed by atoms with Gasteiger partial charge in [-0.25, -0.2) is 8.42 Å². The summed E-state index contributed by atoms with van der Waals surface area (Å²) >= 11 is 18.0. The molecule has 0 saturated carbocycles. The Bertz CT molecular complexity index is 998. The highest BCUT2D eigenvalue weighted by atomic mass is 35.5. The highest BCUT2D eigenvalue weighted by molar-refractivity contribution is 7.91. The Morgan fingerprint density at radius 2 is 1.69 bits per heavy atom. The van der Waals surface area contributed by atoms with Crippen molar-refractivity contribution in [3.8, 4) is 0 Å². The monoisotopic (exact) mass is 474 g/mol. The van der Waals surface area contributed by atoms with Gasteiger partial charge in [0.05, 0.1) is 15.7 Å². The fourth-order valence-electron chi connectivity index (χ4n) is 3.28. The van der Waals surface area contributed by atoms with E-state index in [1.165, 1.54) is 12.1 Å². The molecule has 1 fully saturated rings. The Hall–Kier alpha value is -1.31. The summed E-state index contributed by atoms with van der Waals surface area (Å²) in [7, 11) is -3.56. The van der Waals surface area contributed by atoms with Gasteiger partial charge < -0.3 is 9.80 Å². The van der Waals surface area contributed by atoms with Crippen molar-refractivity contribution in [1.82, 2.24) is 9.80 Å². The zero-order chi connectivity index (χ0) is 21.0. The highest BCUT2D eigenvalue weighted by Gasteiger charge is 2.23. The Balaban J connectivity index is 1.60. The molecule has 0 atom stereocenters. The van der Waals surface area contributed by atoms with Crippen LogP contribution in [0.15, 0.2) is 47.4 Å². The first-order valence-electron chi connectivity index (χ1n) is 9.21. The van der Waals surface area contributed by atoms with Crippen molar-refractivity contribution in [1.29, 1.82) is 0 Å². The minimum atomic E-state index is -3.56. The van der Waals surface area contributed by atoms with Gasteiger partial charge in [0.2, 0.25) is 0 Å². The van der Waals surface area contributed by atoms with Crippen LogP contribution in [0.1, 0.15) is 16.8 Å². The van der Waals surface area contributed by atoms with Crippen molar-refractivity contribution in [2.24, 2.45) is 0 Å². The molecule has 1 heterocycles. The van der Waals surface area contributed by atoms with Crippen molar-refractivity contribution in [2.45, 2.75) is 11.3 Å². The molecule has 9 heteroatoms. The van der Waals surface area contributed by atoms with E-state index in [0.29, 0.717) is 41.8 Å². The standard InChI is InChI=1S/C20H21Cl3N2O3S/c21-16-4-1-3-15(13-16)20(26)25-8-2-7-24(9-10-25)11-12-29(27,28)19-14-17(22)5-6-18(19)23/h1,3-6,13-14H,2,7-12H2. The molecule has 0 aliphatic carbocycles. The Morgan fingerprint density at radius 3 is 2.45 bits per heavy atom. The molecule has 0 N–H and O–H groups in total. The first-order chi connectivity index (χ1) is 13.8. The minimum absolute atomic E-state index is 0.0549. The topological polar surface area (TPSA) is 57.7 Å². The maximum Gasteiger partial charge on any atom is 0.253 e. The van der Waals surface area contributed by atoms with E-state index >= 15 is 0 Å². The maximum absolute atomic E-state index is 12.7. The van der Waals surface area contributed by atoms with Gasteiger partial charge in [-0.2, -0.15) is 0 Å². The van der Waals surface area contributed by atoms with E-state index in [1.807, 2.05) is 0 Å². The number of hydrogen-bond donors (Lipinski definition) is 0. The van der Waals surface area contributed by atoms with E-state index in [1.54, 1.807) is 35.2 Å². The number of carbonyl (C=O) groups is 1. The van der Waals surface area contributed by atoms with Gasteiger partial charge in [-0.15, -0.1) is 0 Å². The number of benzene rings is 2. The van der Waals surface area contributed by atoms with Crippen LogP contribution in [0.25, 0.3) is 0 Å². The van der Waals surface area contributed by atoms with Gasteiger partial charge in [0.15, 0.2) is 9.84 Å². The smallest absolute Gasteiger partial charge is 0.253 e. The number of sulfone groups is 1. The van der Waals surface area contributed by atoms with Gasteiger partial charge in [0.1, 0.15) is 0 Å². The first-order valence-corrected chi connectivity index (χ1v) is 12.0. The van der Waals surface area contributed by atoms with E-state index in [4.69, 9.17) is 34.8 Å². The van der Waals surface area contributed by atoms with Crippen LogP contribution in [-0.4, -0.2) is 62.6 Å². The second-order valence-electron chi connectivity index (χ2n) is 6.89. The predicted octanol–water partition coefficient (Wildman–Crippen LogP) is 4.27. The number of rotatable bonds is 5. The van der Waals surface area contributed by atoms with Crippen LogP contribution in [0.2, 0.25) is 15.1 Å². The lowest BCUT2D eigenvalue weighted by atomic mass is 10.2. The summed E-state index contributed by atoms with van der Waals surface area (Å²) in [5.74, 6) is -0.123. The molecule has 0 unspecified atom stereocenters. The average Bonchev–Trinajstić information content (AvgIpc) is 2.93. The number of amides is 1. The van der Waals surface area contributed by atoms with E-state index < -0.39 is 9.84 Å². The third-order valence-corrected chi connectivity index (χ3v) is 7.49. The second kappa shape index (κ2) is 9.67. The van der Waals surface area contributed by atoms with E-state index in [9.17, 15) is 13.2 Å². The molecule has 3 rings (SSSR count). The fourth-order valence-corrected chi connectivity index (χ4v) is 5.56. The van der Waals surface area contributed by atoms with Crippen LogP contribution in [0.4, 0.5) is 0 Å². The number of halogens is 3. The summed E-state index contributed by atoms with van der Waals surface area (Å²) in [4.78, 5) is 16.6. The molecular weight excluding hydrogens is 455 g/mol. The zero-order valence-corrected chi connectivity index (χ0v) is 18.7. The van der Waals surface area contributed by atoms with Crippen molar-refractivity contribution < 1.29 is 13.2 Å². The first kappa shape index (κ1) is 22.4. The van der Waals surface area contributed by atoms with Gasteiger partial charge >= 0.3 is 0 Å². The molecule has 5 nitrogen and oxygen atoms in total. The Morgan fingerprint density at radius 1 is 0.931 bits per heavy atom. The lowest BCUT2D eigenvalue weighted by molar-refractivity contribution is 0.0761. The molecule has 1 aliphatic heterocycles. The van der Waals surface area contributed by atoms with Gasteiger partial charge in [-0.3, -0.25) is 4.79 Å². The number of carbonyl (C=O) groups excluding carboxylic acids is 1. The molecule has 0 aromatic heterocycles. The van der Waals surface area contributed by atoms with Crippen LogP contribution < -0.4 is 0 Å². The lowest BCUT2D eigenvalue weighted by Crippen LogP contribution is -2.36. The Labute approximate surface area is 186 Å². The summed E-state index contributed by atoms with van der Waals surface area (Å²) < 4.78 is 25.4. The summed E-state index contributed by atoms with van der Waals surface area (Å²) in [6.07, 6.45) is 0.768. The lowest BCUT2D eigenvalue weighted by Gasteiger charge is -2.22. The van der Waals surface area contributed by atoms with Crippen molar-refractivity contribution >= 4 is 50.5 Å². The molecule has 1 aliphatic rings. The molecule has 29 heavy (non-hydrogen) atoms. The SMILES string of the molecule is O=C(c1cccc(Cl)c1)N1CCCN(CCS(=O)(=O)c2cc(Cl)ccc2Cl)CC1. The second-order valence-corrected chi connectivity index (χ2v) is 10.2. The predicted molar refractivity (Wildman–Crippen MR) is 117 cm³/mol.